The summed E-state index contributed by atoms with van der Waals surface area (Å²) in [5.74, 6) is -1.16. The molecule has 0 unspecified atom stereocenters. The predicted octanol–water partition coefficient (Wildman–Crippen LogP) is 5.47. The number of carbonyl (C=O) groups excluding carboxylic acids is 1. The molecule has 0 radical (unpaired) electrons. The lowest BCUT2D eigenvalue weighted by Gasteiger charge is -2.19. The molecule has 0 bridgehead atoms. The lowest BCUT2D eigenvalue weighted by molar-refractivity contribution is -0.385. The number of carbonyl (C=O) groups is 2. The number of carboxylic acids is 1. The molecule has 2 N–H and O–H groups in total. The minimum Gasteiger partial charge on any atom is -0.478 e. The number of aryl methyl sites for hydroxylation is 2. The number of nitro groups is 2. The highest BCUT2D eigenvalue weighted by atomic mass is 16.6. The lowest BCUT2D eigenvalue weighted by Crippen LogP contribution is -2.27. The van der Waals surface area contributed by atoms with E-state index in [1.165, 1.54) is 12.1 Å². The SMILES string of the molecule is Cc1cc(C(=O)O)cc([N+](=O)[O-])c1C.Cc1cc(NC(=O)OC(C)(C)C)cc([N+](=O)[O-])c1C. The summed E-state index contributed by atoms with van der Waals surface area (Å²) in [6, 6.07) is 5.49. The molecule has 0 atom stereocenters. The van der Waals surface area contributed by atoms with Crippen molar-refractivity contribution in [2.24, 2.45) is 0 Å². The zero-order valence-corrected chi connectivity index (χ0v) is 19.5. The molecule has 2 rings (SSSR count). The second-order valence-corrected chi connectivity index (χ2v) is 8.32. The fourth-order valence-electron chi connectivity index (χ4n) is 2.68. The Morgan fingerprint density at radius 1 is 0.879 bits per heavy atom. The van der Waals surface area contributed by atoms with Gasteiger partial charge in [0.1, 0.15) is 5.60 Å². The summed E-state index contributed by atoms with van der Waals surface area (Å²) < 4.78 is 5.09. The van der Waals surface area contributed by atoms with Crippen LogP contribution < -0.4 is 5.32 Å². The Bertz CT molecular complexity index is 1100. The molecule has 2 aromatic rings. The number of rotatable bonds is 4. The lowest BCUT2D eigenvalue weighted by atomic mass is 10.0. The molecular weight excluding hydrogens is 434 g/mol. The van der Waals surface area contributed by atoms with Crippen molar-refractivity contribution in [2.45, 2.75) is 54.1 Å². The number of aromatic carboxylic acids is 1. The van der Waals surface area contributed by atoms with Crippen LogP contribution in [0.2, 0.25) is 0 Å². The van der Waals surface area contributed by atoms with Gasteiger partial charge in [0.05, 0.1) is 21.1 Å². The normalized spacial score (nSPS) is 10.5. The van der Waals surface area contributed by atoms with Crippen LogP contribution in [0.15, 0.2) is 24.3 Å². The van der Waals surface area contributed by atoms with Crippen molar-refractivity contribution < 1.29 is 29.3 Å². The van der Waals surface area contributed by atoms with Gasteiger partial charge in [-0.2, -0.15) is 0 Å². The van der Waals surface area contributed by atoms with Gasteiger partial charge in [0.15, 0.2) is 0 Å². The summed E-state index contributed by atoms with van der Waals surface area (Å²) in [6.07, 6.45) is -0.634. The Labute approximate surface area is 190 Å². The zero-order valence-electron chi connectivity index (χ0n) is 19.5. The topological polar surface area (TPSA) is 162 Å². The van der Waals surface area contributed by atoms with Gasteiger partial charge >= 0.3 is 12.1 Å². The Hall–Kier alpha value is -4.02. The highest BCUT2D eigenvalue weighted by Crippen LogP contribution is 2.26. The van der Waals surface area contributed by atoms with Crippen LogP contribution in [0.3, 0.4) is 0 Å². The van der Waals surface area contributed by atoms with Crippen LogP contribution in [-0.4, -0.2) is 32.6 Å². The molecule has 0 aromatic heterocycles. The van der Waals surface area contributed by atoms with Crippen LogP contribution in [0.4, 0.5) is 21.9 Å². The van der Waals surface area contributed by atoms with Crippen molar-refractivity contribution in [3.63, 3.8) is 0 Å². The van der Waals surface area contributed by atoms with Gasteiger partial charge in [-0.1, -0.05) is 0 Å². The third kappa shape index (κ3) is 7.87. The Kier molecular flexibility index (Phi) is 8.62. The number of nitro benzene ring substituents is 2. The second-order valence-electron chi connectivity index (χ2n) is 8.32. The maximum atomic E-state index is 11.6. The minimum absolute atomic E-state index is 0.0222. The average Bonchev–Trinajstić information content (AvgIpc) is 2.64. The highest BCUT2D eigenvalue weighted by Gasteiger charge is 2.19. The molecule has 0 saturated heterocycles. The van der Waals surface area contributed by atoms with Gasteiger partial charge in [0, 0.05) is 23.3 Å². The molecule has 0 heterocycles. The van der Waals surface area contributed by atoms with Crippen LogP contribution >= 0.6 is 0 Å². The monoisotopic (exact) mass is 461 g/mol. The second kappa shape index (κ2) is 10.5. The van der Waals surface area contributed by atoms with E-state index >= 15 is 0 Å². The Morgan fingerprint density at radius 2 is 1.33 bits per heavy atom. The smallest absolute Gasteiger partial charge is 0.412 e. The quantitative estimate of drug-likeness (QED) is 0.447. The van der Waals surface area contributed by atoms with E-state index in [-0.39, 0.29) is 16.9 Å². The molecule has 11 nitrogen and oxygen atoms in total. The largest absolute Gasteiger partial charge is 0.478 e. The molecule has 0 aliphatic heterocycles. The van der Waals surface area contributed by atoms with Crippen molar-refractivity contribution >= 4 is 29.1 Å². The number of anilines is 1. The molecule has 2 aromatic carbocycles. The number of benzene rings is 2. The van der Waals surface area contributed by atoms with Crippen LogP contribution in [0.5, 0.6) is 0 Å². The Balaban J connectivity index is 0.000000346. The van der Waals surface area contributed by atoms with Gasteiger partial charge in [-0.05, 0) is 71.7 Å². The molecule has 0 fully saturated rings. The number of carboxylic acid groups (broad SMARTS) is 1. The highest BCUT2D eigenvalue weighted by molar-refractivity contribution is 5.89. The number of nitrogens with one attached hydrogen (secondary N) is 1. The third-order valence-corrected chi connectivity index (χ3v) is 4.57. The van der Waals surface area contributed by atoms with Crippen LogP contribution in [0.25, 0.3) is 0 Å². The molecule has 0 saturated carbocycles. The summed E-state index contributed by atoms with van der Waals surface area (Å²) >= 11 is 0. The Morgan fingerprint density at radius 3 is 1.76 bits per heavy atom. The van der Waals surface area contributed by atoms with E-state index in [1.54, 1.807) is 54.5 Å². The van der Waals surface area contributed by atoms with E-state index in [0.29, 0.717) is 22.4 Å². The molecule has 33 heavy (non-hydrogen) atoms. The van der Waals surface area contributed by atoms with Gasteiger partial charge in [0.2, 0.25) is 0 Å². The first-order valence-corrected chi connectivity index (χ1v) is 9.78. The summed E-state index contributed by atoms with van der Waals surface area (Å²) in [7, 11) is 0. The standard InChI is InChI=1S/C13H18N2O4.C9H9NO4/c1-8-6-10(7-11(9(8)2)15(17)18)14-12(16)19-13(3,4)5;1-5-3-7(9(11)12)4-8(6(5)2)10(13)14/h6-7H,1-5H3,(H,14,16);3-4H,1-2H3,(H,11,12). The fourth-order valence-corrected chi connectivity index (χ4v) is 2.68. The maximum absolute atomic E-state index is 11.6. The van der Waals surface area contributed by atoms with Crippen molar-refractivity contribution in [2.75, 3.05) is 5.32 Å². The van der Waals surface area contributed by atoms with Crippen molar-refractivity contribution in [1.29, 1.82) is 0 Å². The number of amides is 1. The molecule has 1 amide bonds. The van der Waals surface area contributed by atoms with E-state index in [2.05, 4.69) is 5.32 Å². The van der Waals surface area contributed by atoms with Crippen molar-refractivity contribution in [3.05, 3.63) is 72.3 Å². The third-order valence-electron chi connectivity index (χ3n) is 4.57. The number of hydrogen-bond donors (Lipinski definition) is 2. The van der Waals surface area contributed by atoms with E-state index < -0.39 is 27.5 Å². The van der Waals surface area contributed by atoms with Crippen molar-refractivity contribution in [3.8, 4) is 0 Å². The molecule has 0 aliphatic carbocycles. The maximum Gasteiger partial charge on any atom is 0.412 e. The van der Waals surface area contributed by atoms with E-state index in [4.69, 9.17) is 9.84 Å². The molecular formula is C22H27N3O8. The summed E-state index contributed by atoms with van der Waals surface area (Å²) in [4.78, 5) is 42.6. The van der Waals surface area contributed by atoms with Gasteiger partial charge in [0.25, 0.3) is 11.4 Å². The average molecular weight is 461 g/mol. The fraction of sp³-hybridized carbons (Fsp3) is 0.364. The molecule has 0 aliphatic rings. The van der Waals surface area contributed by atoms with Gasteiger partial charge in [-0.15, -0.1) is 0 Å². The van der Waals surface area contributed by atoms with Gasteiger partial charge in [-0.25, -0.2) is 9.59 Å². The van der Waals surface area contributed by atoms with E-state index in [9.17, 15) is 29.8 Å². The minimum atomic E-state index is -1.16. The number of hydrogen-bond acceptors (Lipinski definition) is 7. The first kappa shape index (κ1) is 27.0. The van der Waals surface area contributed by atoms with E-state index in [0.717, 1.165) is 11.6 Å². The zero-order chi connectivity index (χ0) is 25.7. The van der Waals surface area contributed by atoms with Gasteiger partial charge < -0.3 is 9.84 Å². The summed E-state index contributed by atoms with van der Waals surface area (Å²) in [5, 5.41) is 32.6. The predicted molar refractivity (Wildman–Crippen MR) is 122 cm³/mol. The summed E-state index contributed by atoms with van der Waals surface area (Å²) in [5.41, 5.74) is 1.93. The van der Waals surface area contributed by atoms with Gasteiger partial charge in [-0.3, -0.25) is 25.5 Å². The molecule has 11 heteroatoms. The number of nitrogens with zero attached hydrogens (tertiary/aromatic N) is 2. The van der Waals surface area contributed by atoms with Crippen LogP contribution in [0, 0.1) is 47.9 Å². The van der Waals surface area contributed by atoms with Crippen molar-refractivity contribution in [1.82, 2.24) is 0 Å². The summed E-state index contributed by atoms with van der Waals surface area (Å²) in [6.45, 7) is 11.9. The van der Waals surface area contributed by atoms with Crippen LogP contribution in [0.1, 0.15) is 53.4 Å². The first-order chi connectivity index (χ1) is 15.0. The first-order valence-electron chi connectivity index (χ1n) is 9.78. The molecule has 0 spiro atoms. The van der Waals surface area contributed by atoms with E-state index in [1.807, 2.05) is 0 Å². The molecule has 178 valence electrons. The van der Waals surface area contributed by atoms with Crippen LogP contribution in [-0.2, 0) is 4.74 Å². The number of ether oxygens (including phenoxy) is 1.